The lowest BCUT2D eigenvalue weighted by atomic mass is 9.82. The maximum absolute atomic E-state index is 14.6. The van der Waals surface area contributed by atoms with E-state index in [0.29, 0.717) is 42.9 Å². The van der Waals surface area contributed by atoms with Gasteiger partial charge >= 0.3 is 0 Å². The zero-order chi connectivity index (χ0) is 23.0. The van der Waals surface area contributed by atoms with Crippen molar-refractivity contribution in [1.82, 2.24) is 9.80 Å². The van der Waals surface area contributed by atoms with Crippen molar-refractivity contribution in [2.45, 2.75) is 12.1 Å². The SMILES string of the molecule is COc1cc(F)cc(C2(N3CCN(Cc4ccccc4)CC3)C(=O)c3ccccc3C2=O)c1. The molecule has 0 atom stereocenters. The molecule has 0 amide bonds. The predicted octanol–water partition coefficient (Wildman–Crippen LogP) is 3.93. The van der Waals surface area contributed by atoms with Crippen molar-refractivity contribution in [3.63, 3.8) is 0 Å². The van der Waals surface area contributed by atoms with Gasteiger partial charge in [-0.15, -0.1) is 0 Å². The Morgan fingerprint density at radius 1 is 0.848 bits per heavy atom. The third-order valence-electron chi connectivity index (χ3n) is 6.69. The number of benzene rings is 3. The van der Waals surface area contributed by atoms with Gasteiger partial charge in [0.2, 0.25) is 0 Å². The molecule has 1 saturated heterocycles. The summed E-state index contributed by atoms with van der Waals surface area (Å²) in [6.45, 7) is 3.21. The third kappa shape index (κ3) is 3.56. The van der Waals surface area contributed by atoms with Crippen LogP contribution < -0.4 is 4.74 Å². The van der Waals surface area contributed by atoms with Gasteiger partial charge in [0.25, 0.3) is 0 Å². The summed E-state index contributed by atoms with van der Waals surface area (Å²) in [5.41, 5.74) is 0.727. The van der Waals surface area contributed by atoms with Crippen molar-refractivity contribution in [1.29, 1.82) is 0 Å². The second-order valence-corrected chi connectivity index (χ2v) is 8.54. The van der Waals surface area contributed by atoms with E-state index in [-0.39, 0.29) is 17.3 Å². The molecule has 33 heavy (non-hydrogen) atoms. The van der Waals surface area contributed by atoms with Gasteiger partial charge < -0.3 is 4.74 Å². The first kappa shape index (κ1) is 21.5. The van der Waals surface area contributed by atoms with Crippen molar-refractivity contribution in [2.24, 2.45) is 0 Å². The van der Waals surface area contributed by atoms with Crippen LogP contribution in [0.5, 0.6) is 5.75 Å². The molecule has 2 aliphatic rings. The van der Waals surface area contributed by atoms with E-state index in [2.05, 4.69) is 17.0 Å². The van der Waals surface area contributed by atoms with Crippen LogP contribution in [0.1, 0.15) is 31.8 Å². The van der Waals surface area contributed by atoms with Gasteiger partial charge in [0.15, 0.2) is 17.1 Å². The zero-order valence-corrected chi connectivity index (χ0v) is 18.5. The number of halogens is 1. The molecular weight excluding hydrogens is 419 g/mol. The molecule has 0 N–H and O–H groups in total. The highest BCUT2D eigenvalue weighted by molar-refractivity contribution is 6.32. The fourth-order valence-corrected chi connectivity index (χ4v) is 5.08. The lowest BCUT2D eigenvalue weighted by Crippen LogP contribution is -2.60. The molecule has 5 rings (SSSR count). The van der Waals surface area contributed by atoms with Crippen LogP contribution in [0.4, 0.5) is 4.39 Å². The highest BCUT2D eigenvalue weighted by Crippen LogP contribution is 2.44. The fraction of sp³-hybridized carbons (Fsp3) is 0.259. The second-order valence-electron chi connectivity index (χ2n) is 8.54. The first-order valence-corrected chi connectivity index (χ1v) is 11.1. The lowest BCUT2D eigenvalue weighted by Gasteiger charge is -2.44. The normalized spacial score (nSPS) is 18.4. The van der Waals surface area contributed by atoms with Gasteiger partial charge in [-0.3, -0.25) is 19.4 Å². The number of hydrogen-bond donors (Lipinski definition) is 0. The van der Waals surface area contributed by atoms with Crippen LogP contribution in [0.3, 0.4) is 0 Å². The summed E-state index contributed by atoms with van der Waals surface area (Å²) in [5.74, 6) is -0.855. The average molecular weight is 445 g/mol. The van der Waals surface area contributed by atoms with Gasteiger partial charge in [-0.1, -0.05) is 54.6 Å². The highest BCUT2D eigenvalue weighted by Gasteiger charge is 2.58. The van der Waals surface area contributed by atoms with Crippen molar-refractivity contribution in [2.75, 3.05) is 33.3 Å². The summed E-state index contributed by atoms with van der Waals surface area (Å²) in [6, 6.07) is 21.2. The number of fused-ring (bicyclic) bond motifs is 1. The summed E-state index contributed by atoms with van der Waals surface area (Å²) in [6.07, 6.45) is 0. The average Bonchev–Trinajstić information content (AvgIpc) is 3.07. The Hall–Kier alpha value is -3.35. The van der Waals surface area contributed by atoms with Crippen molar-refractivity contribution >= 4 is 11.6 Å². The van der Waals surface area contributed by atoms with E-state index in [4.69, 9.17) is 4.74 Å². The van der Waals surface area contributed by atoms with E-state index in [1.54, 1.807) is 30.3 Å². The largest absolute Gasteiger partial charge is 0.497 e. The Balaban J connectivity index is 1.52. The van der Waals surface area contributed by atoms with E-state index in [1.165, 1.54) is 24.8 Å². The molecular formula is C27H25FN2O3. The third-order valence-corrected chi connectivity index (χ3v) is 6.69. The van der Waals surface area contributed by atoms with Gasteiger partial charge in [-0.05, 0) is 23.3 Å². The Bertz CT molecular complexity index is 1170. The van der Waals surface area contributed by atoms with Crippen LogP contribution in [0, 0.1) is 5.82 Å². The number of piperazine rings is 1. The lowest BCUT2D eigenvalue weighted by molar-refractivity contribution is 0.0278. The van der Waals surface area contributed by atoms with Crippen LogP contribution in [0.25, 0.3) is 0 Å². The summed E-state index contributed by atoms with van der Waals surface area (Å²) < 4.78 is 19.8. The van der Waals surface area contributed by atoms with Crippen LogP contribution in [-0.2, 0) is 12.1 Å². The van der Waals surface area contributed by atoms with Gasteiger partial charge in [0.05, 0.1) is 7.11 Å². The maximum Gasteiger partial charge on any atom is 0.196 e. The van der Waals surface area contributed by atoms with Crippen LogP contribution >= 0.6 is 0 Å². The molecule has 0 aromatic heterocycles. The minimum absolute atomic E-state index is 0.281. The summed E-state index contributed by atoms with van der Waals surface area (Å²) in [5, 5.41) is 0. The number of methoxy groups -OCH3 is 1. The van der Waals surface area contributed by atoms with Crippen molar-refractivity contribution in [3.05, 3.63) is 101 Å². The molecule has 0 spiro atoms. The Morgan fingerprint density at radius 3 is 2.06 bits per heavy atom. The molecule has 0 bridgehead atoms. The minimum Gasteiger partial charge on any atom is -0.497 e. The maximum atomic E-state index is 14.6. The molecule has 6 heteroatoms. The molecule has 3 aromatic rings. The minimum atomic E-state index is -1.59. The second kappa shape index (κ2) is 8.54. The summed E-state index contributed by atoms with van der Waals surface area (Å²) in [4.78, 5) is 32.0. The van der Waals surface area contributed by atoms with E-state index in [9.17, 15) is 14.0 Å². The molecule has 1 aliphatic heterocycles. The first-order valence-electron chi connectivity index (χ1n) is 11.1. The first-order chi connectivity index (χ1) is 16.0. The zero-order valence-electron chi connectivity index (χ0n) is 18.5. The number of ketones is 2. The molecule has 0 unspecified atom stereocenters. The van der Waals surface area contributed by atoms with Gasteiger partial charge in [-0.2, -0.15) is 0 Å². The Labute approximate surface area is 192 Å². The molecule has 5 nitrogen and oxygen atoms in total. The molecule has 168 valence electrons. The van der Waals surface area contributed by atoms with E-state index >= 15 is 0 Å². The van der Waals surface area contributed by atoms with Crippen LogP contribution in [-0.4, -0.2) is 54.7 Å². The standard InChI is InChI=1S/C27H25FN2O3/c1-33-22-16-20(15-21(28)17-22)27(25(31)23-9-5-6-10-24(23)26(27)32)30-13-11-29(12-14-30)18-19-7-3-2-4-8-19/h2-10,15-17H,11-14,18H2,1H3. The monoisotopic (exact) mass is 444 g/mol. The molecule has 0 saturated carbocycles. The number of carbonyl (C=O) groups is 2. The Morgan fingerprint density at radius 2 is 1.45 bits per heavy atom. The number of carbonyl (C=O) groups excluding carboxylic acids is 2. The molecule has 1 aliphatic carbocycles. The highest BCUT2D eigenvalue weighted by atomic mass is 19.1. The number of Topliss-reactive ketones (excluding diaryl/α,β-unsaturated/α-hetero) is 2. The number of rotatable bonds is 5. The molecule has 3 aromatic carbocycles. The number of ether oxygens (including phenoxy) is 1. The summed E-state index contributed by atoms with van der Waals surface area (Å²) in [7, 11) is 1.45. The van der Waals surface area contributed by atoms with E-state index < -0.39 is 11.4 Å². The molecule has 1 heterocycles. The molecule has 1 fully saturated rings. The van der Waals surface area contributed by atoms with Gasteiger partial charge in [0.1, 0.15) is 11.6 Å². The van der Waals surface area contributed by atoms with Crippen molar-refractivity contribution < 1.29 is 18.7 Å². The van der Waals surface area contributed by atoms with E-state index in [0.717, 1.165) is 6.54 Å². The quantitative estimate of drug-likeness (QED) is 0.559. The summed E-state index contributed by atoms with van der Waals surface area (Å²) >= 11 is 0. The molecule has 0 radical (unpaired) electrons. The van der Waals surface area contributed by atoms with E-state index in [1.807, 2.05) is 23.1 Å². The predicted molar refractivity (Wildman–Crippen MR) is 123 cm³/mol. The van der Waals surface area contributed by atoms with Gasteiger partial charge in [-0.25, -0.2) is 4.39 Å². The topological polar surface area (TPSA) is 49.9 Å². The number of nitrogens with zero attached hydrogens (tertiary/aromatic N) is 2. The van der Waals surface area contributed by atoms with Gasteiger partial charge in [0, 0.05) is 49.9 Å². The van der Waals surface area contributed by atoms with Crippen LogP contribution in [0.2, 0.25) is 0 Å². The fourth-order valence-electron chi connectivity index (χ4n) is 5.08. The Kier molecular flexibility index (Phi) is 5.56. The van der Waals surface area contributed by atoms with Crippen molar-refractivity contribution in [3.8, 4) is 5.75 Å². The smallest absolute Gasteiger partial charge is 0.196 e. The van der Waals surface area contributed by atoms with Crippen LogP contribution in [0.15, 0.2) is 72.8 Å². The number of hydrogen-bond acceptors (Lipinski definition) is 5.